The molecule has 0 radical (unpaired) electrons. The highest BCUT2D eigenvalue weighted by molar-refractivity contribution is 5.72. The van der Waals surface area contributed by atoms with Crippen molar-refractivity contribution in [3.63, 3.8) is 0 Å². The molecule has 1 saturated carbocycles. The van der Waals surface area contributed by atoms with E-state index in [1.807, 2.05) is 0 Å². The van der Waals surface area contributed by atoms with E-state index in [2.05, 4.69) is 5.32 Å². The third kappa shape index (κ3) is 9.31. The van der Waals surface area contributed by atoms with Crippen LogP contribution in [0.3, 0.4) is 0 Å². The van der Waals surface area contributed by atoms with Gasteiger partial charge in [0.05, 0.1) is 26.2 Å². The summed E-state index contributed by atoms with van der Waals surface area (Å²) in [5.74, 6) is -4.39. The van der Waals surface area contributed by atoms with Crippen molar-refractivity contribution in [2.75, 3.05) is 39.3 Å². The molecule has 0 aromatic rings. The van der Waals surface area contributed by atoms with Gasteiger partial charge in [-0.2, -0.15) is 0 Å². The lowest BCUT2D eigenvalue weighted by Gasteiger charge is -2.40. The van der Waals surface area contributed by atoms with Gasteiger partial charge in [-0.1, -0.05) is 12.8 Å². The van der Waals surface area contributed by atoms with Crippen molar-refractivity contribution in [1.29, 1.82) is 0 Å². The van der Waals surface area contributed by atoms with E-state index >= 15 is 0 Å². The molecule has 154 valence electrons. The van der Waals surface area contributed by atoms with Gasteiger partial charge >= 0.3 is 23.9 Å². The Bertz CT molecular complexity index is 526. The van der Waals surface area contributed by atoms with Crippen LogP contribution >= 0.6 is 0 Å². The van der Waals surface area contributed by atoms with E-state index in [-0.39, 0.29) is 38.3 Å². The first-order valence-corrected chi connectivity index (χ1v) is 8.76. The third-order valence-corrected chi connectivity index (χ3v) is 4.47. The molecular formula is C16H27N3O8. The molecule has 0 saturated heterocycles. The molecule has 1 fully saturated rings. The average molecular weight is 389 g/mol. The Morgan fingerprint density at radius 2 is 1.33 bits per heavy atom. The fourth-order valence-electron chi connectivity index (χ4n) is 3.41. The zero-order chi connectivity index (χ0) is 20.4. The van der Waals surface area contributed by atoms with Crippen LogP contribution in [-0.2, 0) is 19.2 Å². The van der Waals surface area contributed by atoms with E-state index in [0.717, 1.165) is 12.8 Å². The smallest absolute Gasteiger partial charge is 0.317 e. The van der Waals surface area contributed by atoms with Gasteiger partial charge in [-0.3, -0.25) is 29.0 Å². The number of hydrogen-bond acceptors (Lipinski definition) is 7. The topological polar surface area (TPSA) is 168 Å². The number of hydrogen-bond donors (Lipinski definition) is 5. The highest BCUT2D eigenvalue weighted by atomic mass is 16.4. The molecule has 0 aliphatic heterocycles. The lowest BCUT2D eigenvalue weighted by Crippen LogP contribution is -2.55. The Labute approximate surface area is 156 Å². The summed E-state index contributed by atoms with van der Waals surface area (Å²) in [6.45, 7) is -1.19. The van der Waals surface area contributed by atoms with Crippen LogP contribution in [0.5, 0.6) is 0 Å². The molecule has 1 aliphatic rings. The quantitative estimate of drug-likeness (QED) is 0.257. The minimum Gasteiger partial charge on any atom is -0.480 e. The molecule has 11 nitrogen and oxygen atoms in total. The van der Waals surface area contributed by atoms with Crippen molar-refractivity contribution in [3.8, 4) is 0 Å². The van der Waals surface area contributed by atoms with E-state index < -0.39 is 37.0 Å². The molecule has 0 amide bonds. The Hall–Kier alpha value is -2.24. The summed E-state index contributed by atoms with van der Waals surface area (Å²) in [6, 6.07) is -0.410. The van der Waals surface area contributed by atoms with Gasteiger partial charge in [0.25, 0.3) is 0 Å². The number of aliphatic carboxylic acids is 4. The Kier molecular flexibility index (Phi) is 9.68. The zero-order valence-corrected chi connectivity index (χ0v) is 15.0. The van der Waals surface area contributed by atoms with Gasteiger partial charge in [0.1, 0.15) is 0 Å². The van der Waals surface area contributed by atoms with E-state index in [9.17, 15) is 24.3 Å². The molecular weight excluding hydrogens is 362 g/mol. The van der Waals surface area contributed by atoms with Gasteiger partial charge in [-0.05, 0) is 12.8 Å². The molecule has 1 aliphatic carbocycles. The highest BCUT2D eigenvalue weighted by Crippen LogP contribution is 2.23. The lowest BCUT2D eigenvalue weighted by molar-refractivity contribution is -0.143. The van der Waals surface area contributed by atoms with E-state index in [4.69, 9.17) is 15.3 Å². The molecule has 27 heavy (non-hydrogen) atoms. The Balaban J connectivity index is 2.81. The Morgan fingerprint density at radius 1 is 0.778 bits per heavy atom. The predicted molar refractivity (Wildman–Crippen MR) is 92.6 cm³/mol. The Morgan fingerprint density at radius 3 is 1.85 bits per heavy atom. The molecule has 0 spiro atoms. The van der Waals surface area contributed by atoms with Crippen LogP contribution in [-0.4, -0.2) is 105 Å². The van der Waals surface area contributed by atoms with Crippen molar-refractivity contribution < 1.29 is 39.6 Å². The van der Waals surface area contributed by atoms with Gasteiger partial charge in [-0.15, -0.1) is 0 Å². The fourth-order valence-corrected chi connectivity index (χ4v) is 3.41. The molecule has 0 aromatic carbocycles. The number of carboxylic acid groups (broad SMARTS) is 4. The summed E-state index contributed by atoms with van der Waals surface area (Å²) in [7, 11) is 0. The maximum atomic E-state index is 11.3. The fraction of sp³-hybridized carbons (Fsp3) is 0.750. The van der Waals surface area contributed by atoms with Crippen LogP contribution in [0.15, 0.2) is 0 Å². The molecule has 0 aromatic heterocycles. The van der Waals surface area contributed by atoms with Gasteiger partial charge in [-0.25, -0.2) is 0 Å². The summed E-state index contributed by atoms with van der Waals surface area (Å²) in [6.07, 6.45) is 3.17. The standard InChI is InChI=1S/C16H27N3O8/c20-13(21)7-17-11-3-1-2-4-12(11)19(10-16(26)27)6-5-18(8-14(22)23)9-15(24)25/h11-12,17H,1-10H2,(H,20,21)(H,22,23)(H,24,25)(H,26,27)/t11-,12-/m1/s1. The number of nitrogens with zero attached hydrogens (tertiary/aromatic N) is 2. The second-order valence-corrected chi connectivity index (χ2v) is 6.60. The van der Waals surface area contributed by atoms with Gasteiger partial charge in [0.2, 0.25) is 0 Å². The van der Waals surface area contributed by atoms with E-state index in [1.165, 1.54) is 4.90 Å². The van der Waals surface area contributed by atoms with Crippen LogP contribution in [0.1, 0.15) is 25.7 Å². The number of carbonyl (C=O) groups is 4. The van der Waals surface area contributed by atoms with Gasteiger partial charge in [0, 0.05) is 25.2 Å². The van der Waals surface area contributed by atoms with Crippen molar-refractivity contribution in [2.24, 2.45) is 0 Å². The monoisotopic (exact) mass is 389 g/mol. The van der Waals surface area contributed by atoms with Crippen LogP contribution < -0.4 is 5.32 Å². The highest BCUT2D eigenvalue weighted by Gasteiger charge is 2.31. The van der Waals surface area contributed by atoms with Crippen molar-refractivity contribution in [2.45, 2.75) is 37.8 Å². The summed E-state index contributed by atoms with van der Waals surface area (Å²) >= 11 is 0. The van der Waals surface area contributed by atoms with E-state index in [0.29, 0.717) is 12.8 Å². The normalized spacial score (nSPS) is 19.9. The molecule has 0 bridgehead atoms. The molecule has 1 rings (SSSR count). The van der Waals surface area contributed by atoms with Crippen molar-refractivity contribution in [3.05, 3.63) is 0 Å². The maximum absolute atomic E-state index is 11.3. The first-order valence-electron chi connectivity index (χ1n) is 8.76. The summed E-state index contributed by atoms with van der Waals surface area (Å²) < 4.78 is 0. The minimum absolute atomic E-state index is 0.0774. The van der Waals surface area contributed by atoms with Crippen molar-refractivity contribution in [1.82, 2.24) is 15.1 Å². The van der Waals surface area contributed by atoms with Crippen LogP contribution in [0.25, 0.3) is 0 Å². The number of nitrogens with one attached hydrogen (secondary N) is 1. The molecule has 11 heteroatoms. The molecule has 0 heterocycles. The SMILES string of the molecule is O=C(O)CN[C@@H]1CCCC[C@H]1N(CCN(CC(=O)O)CC(=O)O)CC(=O)O. The molecule has 2 atom stereocenters. The van der Waals surface area contributed by atoms with Crippen LogP contribution in [0.2, 0.25) is 0 Å². The van der Waals surface area contributed by atoms with Gasteiger partial charge in [0.15, 0.2) is 0 Å². The van der Waals surface area contributed by atoms with Crippen molar-refractivity contribution >= 4 is 23.9 Å². The average Bonchev–Trinajstić information content (AvgIpc) is 2.55. The maximum Gasteiger partial charge on any atom is 0.317 e. The van der Waals surface area contributed by atoms with Crippen LogP contribution in [0, 0.1) is 0 Å². The second kappa shape index (κ2) is 11.5. The zero-order valence-electron chi connectivity index (χ0n) is 15.0. The van der Waals surface area contributed by atoms with Gasteiger partial charge < -0.3 is 25.7 Å². The largest absolute Gasteiger partial charge is 0.480 e. The number of rotatable bonds is 13. The summed E-state index contributed by atoms with van der Waals surface area (Å²) in [5.41, 5.74) is 0. The minimum atomic E-state index is -1.17. The van der Waals surface area contributed by atoms with Crippen LogP contribution in [0.4, 0.5) is 0 Å². The third-order valence-electron chi connectivity index (χ3n) is 4.47. The molecule has 0 unspecified atom stereocenters. The summed E-state index contributed by atoms with van der Waals surface area (Å²) in [4.78, 5) is 46.8. The molecule has 5 N–H and O–H groups in total. The first kappa shape index (κ1) is 22.8. The summed E-state index contributed by atoms with van der Waals surface area (Å²) in [5, 5.41) is 38.9. The van der Waals surface area contributed by atoms with E-state index in [1.54, 1.807) is 4.90 Å². The first-order chi connectivity index (χ1) is 12.7. The second-order valence-electron chi connectivity index (χ2n) is 6.60. The predicted octanol–water partition coefficient (Wildman–Crippen LogP) is -1.17. The lowest BCUT2D eigenvalue weighted by atomic mass is 9.89. The number of carboxylic acids is 4.